The van der Waals surface area contributed by atoms with E-state index >= 15 is 0 Å². The van der Waals surface area contributed by atoms with Gasteiger partial charge in [0.1, 0.15) is 11.6 Å². The average Bonchev–Trinajstić information content (AvgIpc) is 3.03. The number of carboxylic acids is 1. The van der Waals surface area contributed by atoms with E-state index in [9.17, 15) is 9.90 Å². The predicted molar refractivity (Wildman–Crippen MR) is 107 cm³/mol. The van der Waals surface area contributed by atoms with Crippen LogP contribution in [0.1, 0.15) is 12.0 Å². The number of ether oxygens (including phenoxy) is 1. The van der Waals surface area contributed by atoms with Gasteiger partial charge in [0.25, 0.3) is 0 Å². The van der Waals surface area contributed by atoms with Crippen LogP contribution in [0, 0.1) is 0 Å². The van der Waals surface area contributed by atoms with Crippen molar-refractivity contribution in [3.05, 3.63) is 60.4 Å². The van der Waals surface area contributed by atoms with Crippen LogP contribution < -0.4 is 10.1 Å². The Labute approximate surface area is 163 Å². The van der Waals surface area contributed by atoms with Crippen LogP contribution in [-0.2, 0) is 17.8 Å². The van der Waals surface area contributed by atoms with Gasteiger partial charge in [-0.2, -0.15) is 0 Å². The molecule has 1 aromatic carbocycles. The van der Waals surface area contributed by atoms with Crippen molar-refractivity contribution in [3.8, 4) is 22.8 Å². The molecule has 0 aliphatic heterocycles. The van der Waals surface area contributed by atoms with E-state index in [4.69, 9.17) is 9.84 Å². The lowest BCUT2D eigenvalue weighted by Crippen LogP contribution is -2.10. The van der Waals surface area contributed by atoms with Gasteiger partial charge in [0.15, 0.2) is 0 Å². The summed E-state index contributed by atoms with van der Waals surface area (Å²) in [6.45, 7) is 1.13. The van der Waals surface area contributed by atoms with E-state index in [0.29, 0.717) is 30.8 Å². The average molecular weight is 381 g/mol. The number of carbonyl (C=O) groups is 1. The van der Waals surface area contributed by atoms with Gasteiger partial charge in [0.05, 0.1) is 12.7 Å². The molecule has 2 heterocycles. The molecule has 0 saturated heterocycles. The first-order valence-electron chi connectivity index (χ1n) is 9.00. The minimum Gasteiger partial charge on any atom is -0.494 e. The lowest BCUT2D eigenvalue weighted by Gasteiger charge is -2.08. The van der Waals surface area contributed by atoms with E-state index in [1.807, 2.05) is 42.5 Å². The van der Waals surface area contributed by atoms with Gasteiger partial charge in [-0.15, -0.1) is 0 Å². The summed E-state index contributed by atoms with van der Waals surface area (Å²) in [6.07, 6.45) is 4.05. The van der Waals surface area contributed by atoms with Crippen molar-refractivity contribution < 1.29 is 19.7 Å². The van der Waals surface area contributed by atoms with Crippen molar-refractivity contribution >= 4 is 11.8 Å². The zero-order chi connectivity index (χ0) is 19.9. The molecule has 0 fully saturated rings. The molecule has 0 aliphatic carbocycles. The number of nitrogens with one attached hydrogen (secondary N) is 1. The largest absolute Gasteiger partial charge is 0.494 e. The lowest BCUT2D eigenvalue weighted by molar-refractivity contribution is -0.136. The number of nitrogens with zero attached hydrogens (tertiary/aromatic N) is 2. The summed E-state index contributed by atoms with van der Waals surface area (Å²) in [5.74, 6) is 0.657. The Morgan fingerprint density at radius 1 is 1.21 bits per heavy atom. The third-order valence-electron chi connectivity index (χ3n) is 4.43. The number of aromatic nitrogens is 2. The van der Waals surface area contributed by atoms with Crippen LogP contribution >= 0.6 is 0 Å². The van der Waals surface area contributed by atoms with E-state index in [-0.39, 0.29) is 12.3 Å². The molecule has 7 heteroatoms. The first-order valence-corrected chi connectivity index (χ1v) is 9.00. The first kappa shape index (κ1) is 19.3. The standard InChI is InChI=1S/C21H23N3O4/c1-28-17-14-24(13-12-23-18-4-2-3-11-22-18)21(27)20(17)16-8-5-15(6-9-16)7-10-19(25)26/h2-6,8-9,11,14,27H,7,10,12-13H2,1H3,(H,22,23)(H,25,26). The molecule has 28 heavy (non-hydrogen) atoms. The number of rotatable bonds is 9. The molecule has 3 aromatic rings. The highest BCUT2D eigenvalue weighted by molar-refractivity contribution is 5.76. The second-order valence-electron chi connectivity index (χ2n) is 6.32. The van der Waals surface area contributed by atoms with Gasteiger partial charge < -0.3 is 24.8 Å². The van der Waals surface area contributed by atoms with Gasteiger partial charge in [-0.05, 0) is 29.7 Å². The molecule has 2 aromatic heterocycles. The Morgan fingerprint density at radius 2 is 2.00 bits per heavy atom. The van der Waals surface area contributed by atoms with Crippen LogP contribution in [0.25, 0.3) is 11.1 Å². The summed E-state index contributed by atoms with van der Waals surface area (Å²) in [7, 11) is 1.57. The van der Waals surface area contributed by atoms with Crippen molar-refractivity contribution in [2.75, 3.05) is 19.0 Å². The number of hydrogen-bond donors (Lipinski definition) is 3. The number of pyridine rings is 1. The zero-order valence-corrected chi connectivity index (χ0v) is 15.6. The maximum atomic E-state index is 10.7. The number of carboxylic acid groups (broad SMARTS) is 1. The normalized spacial score (nSPS) is 10.6. The quantitative estimate of drug-likeness (QED) is 0.526. The molecule has 0 saturated carbocycles. The fourth-order valence-corrected chi connectivity index (χ4v) is 2.98. The molecule has 7 nitrogen and oxygen atoms in total. The van der Waals surface area contributed by atoms with Gasteiger partial charge in [-0.25, -0.2) is 4.98 Å². The number of aromatic hydroxyl groups is 1. The SMILES string of the molecule is COc1cn(CCNc2ccccn2)c(O)c1-c1ccc(CCC(=O)O)cc1. The Balaban J connectivity index is 1.73. The molecule has 0 unspecified atom stereocenters. The predicted octanol–water partition coefficient (Wildman–Crippen LogP) is 3.39. The molecule has 0 spiro atoms. The minimum atomic E-state index is -0.820. The van der Waals surface area contributed by atoms with Crippen molar-refractivity contribution in [1.29, 1.82) is 0 Å². The highest BCUT2D eigenvalue weighted by Gasteiger charge is 2.17. The molecule has 0 radical (unpaired) electrons. The van der Waals surface area contributed by atoms with Gasteiger partial charge in [0, 0.05) is 31.9 Å². The Kier molecular flexibility index (Phi) is 6.16. The monoisotopic (exact) mass is 381 g/mol. The third kappa shape index (κ3) is 4.62. The second kappa shape index (κ2) is 8.94. The second-order valence-corrected chi connectivity index (χ2v) is 6.32. The van der Waals surface area contributed by atoms with E-state index < -0.39 is 5.97 Å². The molecule has 0 bridgehead atoms. The molecule has 3 N–H and O–H groups in total. The van der Waals surface area contributed by atoms with Crippen molar-refractivity contribution in [2.45, 2.75) is 19.4 Å². The number of aliphatic carboxylic acids is 1. The first-order chi connectivity index (χ1) is 13.6. The molecule has 0 atom stereocenters. The summed E-state index contributed by atoms with van der Waals surface area (Å²) in [4.78, 5) is 14.9. The van der Waals surface area contributed by atoms with E-state index in [2.05, 4.69) is 10.3 Å². The Bertz CT molecular complexity index is 921. The zero-order valence-electron chi connectivity index (χ0n) is 15.6. The molecule has 0 amide bonds. The molecular formula is C21H23N3O4. The van der Waals surface area contributed by atoms with Crippen LogP contribution in [0.2, 0.25) is 0 Å². The van der Waals surface area contributed by atoms with Crippen LogP contribution in [0.4, 0.5) is 5.82 Å². The molecule has 0 aliphatic rings. The maximum absolute atomic E-state index is 10.7. The summed E-state index contributed by atoms with van der Waals surface area (Å²) >= 11 is 0. The van der Waals surface area contributed by atoms with Crippen molar-refractivity contribution in [2.24, 2.45) is 0 Å². The summed E-state index contributed by atoms with van der Waals surface area (Å²) in [6, 6.07) is 13.1. The van der Waals surface area contributed by atoms with Crippen LogP contribution in [0.3, 0.4) is 0 Å². The van der Waals surface area contributed by atoms with Gasteiger partial charge >= 0.3 is 5.97 Å². The lowest BCUT2D eigenvalue weighted by atomic mass is 10.0. The minimum absolute atomic E-state index is 0.0908. The number of aryl methyl sites for hydroxylation is 1. The Morgan fingerprint density at radius 3 is 2.64 bits per heavy atom. The molecule has 3 rings (SSSR count). The third-order valence-corrected chi connectivity index (χ3v) is 4.43. The highest BCUT2D eigenvalue weighted by Crippen LogP contribution is 2.39. The summed E-state index contributed by atoms with van der Waals surface area (Å²) in [5, 5.41) is 22.7. The number of anilines is 1. The van der Waals surface area contributed by atoms with Gasteiger partial charge in [0.2, 0.25) is 5.88 Å². The van der Waals surface area contributed by atoms with Crippen LogP contribution in [0.5, 0.6) is 11.6 Å². The number of benzene rings is 1. The van der Waals surface area contributed by atoms with E-state index in [1.54, 1.807) is 24.1 Å². The van der Waals surface area contributed by atoms with Gasteiger partial charge in [-0.1, -0.05) is 30.3 Å². The summed E-state index contributed by atoms with van der Waals surface area (Å²) < 4.78 is 7.17. The van der Waals surface area contributed by atoms with Gasteiger partial charge in [-0.3, -0.25) is 4.79 Å². The van der Waals surface area contributed by atoms with E-state index in [1.165, 1.54) is 0 Å². The van der Waals surface area contributed by atoms with E-state index in [0.717, 1.165) is 16.9 Å². The fourth-order valence-electron chi connectivity index (χ4n) is 2.98. The van der Waals surface area contributed by atoms with Crippen molar-refractivity contribution in [3.63, 3.8) is 0 Å². The number of hydrogen-bond acceptors (Lipinski definition) is 5. The fraction of sp³-hybridized carbons (Fsp3) is 0.238. The van der Waals surface area contributed by atoms with Crippen LogP contribution in [-0.4, -0.2) is 39.4 Å². The maximum Gasteiger partial charge on any atom is 0.303 e. The Hall–Kier alpha value is -3.48. The topological polar surface area (TPSA) is 96.6 Å². The number of methoxy groups -OCH3 is 1. The van der Waals surface area contributed by atoms with Crippen molar-refractivity contribution in [1.82, 2.24) is 9.55 Å². The smallest absolute Gasteiger partial charge is 0.303 e. The van der Waals surface area contributed by atoms with Crippen LogP contribution in [0.15, 0.2) is 54.9 Å². The molecule has 146 valence electrons. The summed E-state index contributed by atoms with van der Waals surface area (Å²) in [5.41, 5.74) is 2.36. The highest BCUT2D eigenvalue weighted by atomic mass is 16.5. The molecular weight excluding hydrogens is 358 g/mol.